The molecule has 0 saturated heterocycles. The summed E-state index contributed by atoms with van der Waals surface area (Å²) in [5.41, 5.74) is 0. The van der Waals surface area contributed by atoms with Gasteiger partial charge in [-0.1, -0.05) is 54.6 Å². The number of aldehydes is 1. The van der Waals surface area contributed by atoms with Gasteiger partial charge < -0.3 is 21.7 Å². The molecule has 0 aliphatic heterocycles. The third-order valence-electron chi connectivity index (χ3n) is 4.33. The van der Waals surface area contributed by atoms with Crippen LogP contribution in [-0.4, -0.2) is 18.7 Å². The van der Waals surface area contributed by atoms with Gasteiger partial charge >= 0.3 is 0 Å². The van der Waals surface area contributed by atoms with Crippen LogP contribution in [0.2, 0.25) is 0 Å². The molecule has 3 aromatic carbocycles. The molecule has 134 valence electrons. The van der Waals surface area contributed by atoms with Gasteiger partial charge in [-0.15, -0.1) is 0 Å². The molecule has 0 fully saturated rings. The lowest BCUT2D eigenvalue weighted by molar-refractivity contribution is -0.113. The first kappa shape index (κ1) is 20.5. The molecule has 0 aliphatic carbocycles. The molecule has 0 aliphatic rings. The van der Waals surface area contributed by atoms with Gasteiger partial charge in [-0.05, 0) is 43.3 Å². The van der Waals surface area contributed by atoms with Crippen LogP contribution in [0.25, 0.3) is 0 Å². The molecule has 2 nitrogen and oxygen atoms in total. The molecule has 0 heterocycles. The van der Waals surface area contributed by atoms with E-state index in [-0.39, 0.29) is 17.0 Å². The van der Waals surface area contributed by atoms with Gasteiger partial charge in [-0.3, -0.25) is 4.79 Å². The van der Waals surface area contributed by atoms with Crippen LogP contribution in [-0.2, 0) is 9.53 Å². The Bertz CT molecular complexity index is 697. The Morgan fingerprint density at radius 2 is 1.12 bits per heavy atom. The zero-order valence-electron chi connectivity index (χ0n) is 14.7. The minimum absolute atomic E-state index is 0. The number of carbonyl (C=O) groups is 1. The van der Waals surface area contributed by atoms with Crippen molar-refractivity contribution in [1.82, 2.24) is 0 Å². The van der Waals surface area contributed by atoms with Crippen molar-refractivity contribution < 1.29 is 26.5 Å². The molecule has 0 N–H and O–H groups in total. The second kappa shape index (κ2) is 9.78. The second-order valence-electron chi connectivity index (χ2n) is 5.71. The number of rotatable bonds is 7. The first-order chi connectivity index (χ1) is 12.3. The highest BCUT2D eigenvalue weighted by Gasteiger charge is 2.53. The van der Waals surface area contributed by atoms with E-state index in [1.54, 1.807) is 0 Å². The van der Waals surface area contributed by atoms with Crippen LogP contribution < -0.4 is 32.9 Å². The Labute approximate surface area is 166 Å². The summed E-state index contributed by atoms with van der Waals surface area (Å²) in [6.45, 7) is 2.43. The van der Waals surface area contributed by atoms with Crippen molar-refractivity contribution in [3.63, 3.8) is 0 Å². The fourth-order valence-corrected chi connectivity index (χ4v) is 7.55. The van der Waals surface area contributed by atoms with Gasteiger partial charge in [0.2, 0.25) is 5.85 Å². The lowest BCUT2D eigenvalue weighted by atomic mass is 10.4. The molecule has 1 unspecified atom stereocenters. The quantitative estimate of drug-likeness (QED) is 0.405. The summed E-state index contributed by atoms with van der Waals surface area (Å²) in [5, 5.41) is 3.45. The average molecular weight is 429 g/mol. The lowest BCUT2D eigenvalue weighted by Crippen LogP contribution is -3.00. The first-order valence-electron chi connectivity index (χ1n) is 8.46. The van der Waals surface area contributed by atoms with E-state index in [4.69, 9.17) is 4.74 Å². The van der Waals surface area contributed by atoms with E-state index in [1.807, 2.05) is 61.5 Å². The smallest absolute Gasteiger partial charge is 0.237 e. The summed E-state index contributed by atoms with van der Waals surface area (Å²) in [4.78, 5) is 12.2. The number of benzene rings is 3. The Morgan fingerprint density at radius 1 is 0.769 bits per heavy atom. The third-order valence-corrected chi connectivity index (χ3v) is 8.70. The molecule has 4 heteroatoms. The number of carbonyl (C=O) groups excluding carboxylic acids is 1. The predicted molar refractivity (Wildman–Crippen MR) is 107 cm³/mol. The monoisotopic (exact) mass is 428 g/mol. The van der Waals surface area contributed by atoms with Gasteiger partial charge in [-0.25, -0.2) is 0 Å². The molecule has 0 radical (unpaired) electrons. The van der Waals surface area contributed by atoms with Crippen molar-refractivity contribution in [3.05, 3.63) is 91.0 Å². The van der Waals surface area contributed by atoms with E-state index >= 15 is 0 Å². The molecular formula is C22H22BrO2P. The van der Waals surface area contributed by atoms with E-state index in [2.05, 4.69) is 36.4 Å². The standard InChI is InChI=1S/C22H22O2P.BrH/c1-2-24-22(18-23)25(19-12-6-3-7-13-19,20-14-8-4-9-15-20)21-16-10-5-11-17-21;/h3-18,22H,2H2,1H3;1H/q+1;/p-1. The van der Waals surface area contributed by atoms with E-state index < -0.39 is 13.1 Å². The van der Waals surface area contributed by atoms with Crippen molar-refractivity contribution in [1.29, 1.82) is 0 Å². The summed E-state index contributed by atoms with van der Waals surface area (Å²) in [7, 11) is -2.27. The number of hydrogen-bond donors (Lipinski definition) is 0. The molecule has 26 heavy (non-hydrogen) atoms. The number of halogens is 1. The summed E-state index contributed by atoms with van der Waals surface area (Å²) >= 11 is 0. The number of hydrogen-bond acceptors (Lipinski definition) is 2. The van der Waals surface area contributed by atoms with Crippen LogP contribution in [0, 0.1) is 0 Å². The predicted octanol–water partition coefficient (Wildman–Crippen LogP) is 0.546. The molecule has 0 saturated carbocycles. The molecule has 0 spiro atoms. The zero-order valence-corrected chi connectivity index (χ0v) is 17.1. The zero-order chi connectivity index (χ0) is 17.5. The first-order valence-corrected chi connectivity index (χ1v) is 10.3. The van der Waals surface area contributed by atoms with Gasteiger partial charge in [-0.2, -0.15) is 0 Å². The maximum atomic E-state index is 12.2. The fourth-order valence-electron chi connectivity index (χ4n) is 3.29. The van der Waals surface area contributed by atoms with Crippen LogP contribution in [0.5, 0.6) is 0 Å². The van der Waals surface area contributed by atoms with Crippen molar-refractivity contribution in [3.8, 4) is 0 Å². The Kier molecular flexibility index (Phi) is 7.71. The lowest BCUT2D eigenvalue weighted by Gasteiger charge is -2.31. The SMILES string of the molecule is CCOC(C=O)[P+](c1ccccc1)(c1ccccc1)c1ccccc1.[Br-]. The van der Waals surface area contributed by atoms with Gasteiger partial charge in [0, 0.05) is 6.61 Å². The highest BCUT2D eigenvalue weighted by molar-refractivity contribution is 7.96. The maximum absolute atomic E-state index is 12.2. The number of ether oxygens (including phenoxy) is 1. The highest BCUT2D eigenvalue weighted by Crippen LogP contribution is 2.59. The fraction of sp³-hybridized carbons (Fsp3) is 0.136. The van der Waals surface area contributed by atoms with E-state index in [1.165, 1.54) is 0 Å². The van der Waals surface area contributed by atoms with Crippen molar-refractivity contribution in [2.24, 2.45) is 0 Å². The molecule has 3 aromatic rings. The second-order valence-corrected chi connectivity index (χ2v) is 9.21. The molecule has 0 aromatic heterocycles. The van der Waals surface area contributed by atoms with E-state index in [0.717, 1.165) is 22.2 Å². The van der Waals surface area contributed by atoms with Gasteiger partial charge in [0.05, 0.1) is 0 Å². The van der Waals surface area contributed by atoms with Gasteiger partial charge in [0.15, 0.2) is 6.29 Å². The average Bonchev–Trinajstić information content (AvgIpc) is 2.70. The largest absolute Gasteiger partial charge is 1.00 e. The molecule has 3 rings (SSSR count). The summed E-state index contributed by atoms with van der Waals surface area (Å²) < 4.78 is 6.00. The summed E-state index contributed by atoms with van der Waals surface area (Å²) in [5.74, 6) is -0.510. The third kappa shape index (κ3) is 3.81. The minimum Gasteiger partial charge on any atom is -1.00 e. The van der Waals surface area contributed by atoms with Gasteiger partial charge in [0.1, 0.15) is 23.2 Å². The van der Waals surface area contributed by atoms with Crippen LogP contribution in [0.1, 0.15) is 6.92 Å². The highest BCUT2D eigenvalue weighted by atomic mass is 79.9. The van der Waals surface area contributed by atoms with Crippen molar-refractivity contribution in [2.45, 2.75) is 12.8 Å². The molecule has 1 atom stereocenters. The summed E-state index contributed by atoms with van der Waals surface area (Å²) in [6, 6.07) is 30.9. The topological polar surface area (TPSA) is 26.3 Å². The Balaban J connectivity index is 0.00000243. The molecular weight excluding hydrogens is 407 g/mol. The molecule has 0 amide bonds. The van der Waals surface area contributed by atoms with Gasteiger partial charge in [0.25, 0.3) is 0 Å². The normalized spacial score (nSPS) is 12.0. The van der Waals surface area contributed by atoms with Crippen LogP contribution in [0.15, 0.2) is 91.0 Å². The van der Waals surface area contributed by atoms with Crippen LogP contribution >= 0.6 is 7.26 Å². The summed E-state index contributed by atoms with van der Waals surface area (Å²) in [6.07, 6.45) is 0.976. The van der Waals surface area contributed by atoms with E-state index in [9.17, 15) is 4.79 Å². The minimum atomic E-state index is -2.27. The van der Waals surface area contributed by atoms with Crippen molar-refractivity contribution >= 4 is 29.5 Å². The molecule has 0 bridgehead atoms. The van der Waals surface area contributed by atoms with E-state index in [0.29, 0.717) is 6.61 Å². The maximum Gasteiger partial charge on any atom is 0.237 e. The Hall–Kier alpha value is -1.80. The van der Waals surface area contributed by atoms with Crippen LogP contribution in [0.3, 0.4) is 0 Å². The van der Waals surface area contributed by atoms with Crippen molar-refractivity contribution in [2.75, 3.05) is 6.61 Å². The Morgan fingerprint density at radius 3 is 1.38 bits per heavy atom. The van der Waals surface area contributed by atoms with Crippen LogP contribution in [0.4, 0.5) is 0 Å².